The molecule has 2 heterocycles. The molecule has 0 bridgehead atoms. The minimum atomic E-state index is 0.668. The van der Waals surface area contributed by atoms with E-state index in [0.29, 0.717) is 5.92 Å². The molecule has 0 unspecified atom stereocenters. The van der Waals surface area contributed by atoms with Gasteiger partial charge in [0.15, 0.2) is 0 Å². The first-order chi connectivity index (χ1) is 8.69. The summed E-state index contributed by atoms with van der Waals surface area (Å²) in [7, 11) is 4.14. The van der Waals surface area contributed by atoms with Crippen LogP contribution < -0.4 is 4.90 Å². The fraction of sp³-hybridized carbons (Fsp3) is 0.400. The molecule has 2 aromatic rings. The molecule has 94 valence electrons. The van der Waals surface area contributed by atoms with E-state index in [2.05, 4.69) is 48.4 Å². The molecule has 0 amide bonds. The van der Waals surface area contributed by atoms with Crippen molar-refractivity contribution in [3.63, 3.8) is 0 Å². The van der Waals surface area contributed by atoms with Crippen LogP contribution in [0.2, 0.25) is 0 Å². The monoisotopic (exact) mass is 241 g/mol. The van der Waals surface area contributed by atoms with E-state index in [4.69, 9.17) is 0 Å². The second-order valence-electron chi connectivity index (χ2n) is 5.16. The Hall–Kier alpha value is -1.77. The number of nitrogens with zero attached hydrogens (tertiary/aromatic N) is 3. The van der Waals surface area contributed by atoms with E-state index in [-0.39, 0.29) is 0 Å². The first kappa shape index (κ1) is 11.3. The molecule has 0 radical (unpaired) electrons. The maximum Gasteiger partial charge on any atom is 0.0568 e. The number of benzene rings is 1. The Balaban J connectivity index is 2.05. The fourth-order valence-electron chi connectivity index (χ4n) is 2.86. The van der Waals surface area contributed by atoms with Gasteiger partial charge in [-0.2, -0.15) is 5.10 Å². The Morgan fingerprint density at radius 3 is 2.78 bits per heavy atom. The van der Waals surface area contributed by atoms with Crippen molar-refractivity contribution in [2.75, 3.05) is 18.5 Å². The molecule has 0 saturated heterocycles. The highest BCUT2D eigenvalue weighted by Gasteiger charge is 2.25. The number of anilines is 1. The van der Waals surface area contributed by atoms with Gasteiger partial charge >= 0.3 is 0 Å². The van der Waals surface area contributed by atoms with E-state index in [1.165, 1.54) is 28.8 Å². The molecule has 0 saturated carbocycles. The molecule has 0 N–H and O–H groups in total. The SMILES string of the molecule is CC[C@H]1CN(C)c2ccc(-c3cnn(C)c3)cc21. The molecule has 18 heavy (non-hydrogen) atoms. The van der Waals surface area contributed by atoms with E-state index < -0.39 is 0 Å². The van der Waals surface area contributed by atoms with E-state index in [9.17, 15) is 0 Å². The minimum Gasteiger partial charge on any atom is -0.374 e. The lowest BCUT2D eigenvalue weighted by Crippen LogP contribution is -2.14. The van der Waals surface area contributed by atoms with Gasteiger partial charge in [0.25, 0.3) is 0 Å². The molecular formula is C15H19N3. The number of likely N-dealkylation sites (N-methyl/N-ethyl adjacent to an activating group) is 1. The van der Waals surface area contributed by atoms with E-state index in [1.807, 2.05) is 17.9 Å². The van der Waals surface area contributed by atoms with Crippen LogP contribution in [0.15, 0.2) is 30.6 Å². The molecule has 0 spiro atoms. The van der Waals surface area contributed by atoms with Crippen LogP contribution in [0.4, 0.5) is 5.69 Å². The lowest BCUT2D eigenvalue weighted by atomic mass is 9.95. The van der Waals surface area contributed by atoms with Crippen LogP contribution in [0.3, 0.4) is 0 Å². The van der Waals surface area contributed by atoms with Crippen LogP contribution >= 0.6 is 0 Å². The summed E-state index contributed by atoms with van der Waals surface area (Å²) in [6, 6.07) is 6.78. The van der Waals surface area contributed by atoms with Gasteiger partial charge in [-0.3, -0.25) is 4.68 Å². The largest absolute Gasteiger partial charge is 0.374 e. The van der Waals surface area contributed by atoms with E-state index in [1.54, 1.807) is 0 Å². The van der Waals surface area contributed by atoms with Crippen molar-refractivity contribution in [1.29, 1.82) is 0 Å². The third-order valence-electron chi connectivity index (χ3n) is 3.90. The highest BCUT2D eigenvalue weighted by Crippen LogP contribution is 2.39. The molecular weight excluding hydrogens is 222 g/mol. The van der Waals surface area contributed by atoms with Crippen molar-refractivity contribution in [2.45, 2.75) is 19.3 Å². The van der Waals surface area contributed by atoms with Gasteiger partial charge in [0.1, 0.15) is 0 Å². The van der Waals surface area contributed by atoms with E-state index in [0.717, 1.165) is 6.54 Å². The summed E-state index contributed by atoms with van der Waals surface area (Å²) in [6.45, 7) is 3.41. The summed E-state index contributed by atoms with van der Waals surface area (Å²) in [5.74, 6) is 0.668. The Morgan fingerprint density at radius 2 is 2.11 bits per heavy atom. The van der Waals surface area contributed by atoms with Gasteiger partial charge in [0.05, 0.1) is 6.20 Å². The summed E-state index contributed by atoms with van der Waals surface area (Å²) in [6.07, 6.45) is 5.20. The zero-order chi connectivity index (χ0) is 12.7. The standard InChI is InChI=1S/C15H19N3/c1-4-11-9-17(2)15-6-5-12(7-14(11)15)13-8-16-18(3)10-13/h5-8,10-11H,4,9H2,1-3H3/t11-/m0/s1. The second kappa shape index (κ2) is 4.16. The summed E-state index contributed by atoms with van der Waals surface area (Å²) in [5.41, 5.74) is 5.34. The van der Waals surface area contributed by atoms with Gasteiger partial charge < -0.3 is 4.90 Å². The Bertz CT molecular complexity index is 571. The number of fused-ring (bicyclic) bond motifs is 1. The number of hydrogen-bond donors (Lipinski definition) is 0. The van der Waals surface area contributed by atoms with Gasteiger partial charge in [-0.25, -0.2) is 0 Å². The van der Waals surface area contributed by atoms with Crippen molar-refractivity contribution in [2.24, 2.45) is 7.05 Å². The molecule has 1 aromatic heterocycles. The van der Waals surface area contributed by atoms with Gasteiger partial charge in [-0.1, -0.05) is 13.0 Å². The predicted molar refractivity (Wildman–Crippen MR) is 74.9 cm³/mol. The first-order valence-electron chi connectivity index (χ1n) is 6.53. The topological polar surface area (TPSA) is 21.1 Å². The third-order valence-corrected chi connectivity index (χ3v) is 3.90. The van der Waals surface area contributed by atoms with Gasteiger partial charge in [0, 0.05) is 44.0 Å². The lowest BCUT2D eigenvalue weighted by molar-refractivity contribution is 0.696. The number of aromatic nitrogens is 2. The highest BCUT2D eigenvalue weighted by molar-refractivity contribution is 5.70. The number of rotatable bonds is 2. The zero-order valence-electron chi connectivity index (χ0n) is 11.2. The first-order valence-corrected chi connectivity index (χ1v) is 6.53. The Kier molecular flexibility index (Phi) is 2.62. The van der Waals surface area contributed by atoms with Gasteiger partial charge in [0.2, 0.25) is 0 Å². The maximum absolute atomic E-state index is 4.25. The van der Waals surface area contributed by atoms with Crippen LogP contribution in [-0.2, 0) is 7.05 Å². The summed E-state index contributed by atoms with van der Waals surface area (Å²) in [4.78, 5) is 2.36. The van der Waals surface area contributed by atoms with Gasteiger partial charge in [-0.05, 0) is 29.7 Å². The normalized spacial score (nSPS) is 18.2. The summed E-state index contributed by atoms with van der Waals surface area (Å²) >= 11 is 0. The predicted octanol–water partition coefficient (Wildman–Crippen LogP) is 3.03. The molecule has 1 aliphatic heterocycles. The molecule has 3 heteroatoms. The molecule has 0 aliphatic carbocycles. The molecule has 1 atom stereocenters. The molecule has 3 nitrogen and oxygen atoms in total. The van der Waals surface area contributed by atoms with Crippen LogP contribution in [-0.4, -0.2) is 23.4 Å². The fourth-order valence-corrected chi connectivity index (χ4v) is 2.86. The van der Waals surface area contributed by atoms with Crippen molar-refractivity contribution in [3.05, 3.63) is 36.2 Å². The lowest BCUT2D eigenvalue weighted by Gasteiger charge is -2.11. The molecule has 1 aliphatic rings. The van der Waals surface area contributed by atoms with Crippen molar-refractivity contribution < 1.29 is 0 Å². The molecule has 0 fully saturated rings. The highest BCUT2D eigenvalue weighted by atomic mass is 15.2. The van der Waals surface area contributed by atoms with Crippen molar-refractivity contribution in [1.82, 2.24) is 9.78 Å². The average molecular weight is 241 g/mol. The summed E-state index contributed by atoms with van der Waals surface area (Å²) in [5, 5.41) is 4.25. The maximum atomic E-state index is 4.25. The minimum absolute atomic E-state index is 0.668. The quantitative estimate of drug-likeness (QED) is 0.806. The Morgan fingerprint density at radius 1 is 1.28 bits per heavy atom. The van der Waals surface area contributed by atoms with Crippen LogP contribution in [0.25, 0.3) is 11.1 Å². The Labute approximate surface area is 108 Å². The average Bonchev–Trinajstić information content (AvgIpc) is 2.93. The third kappa shape index (κ3) is 1.70. The number of hydrogen-bond acceptors (Lipinski definition) is 2. The van der Waals surface area contributed by atoms with Crippen LogP contribution in [0.5, 0.6) is 0 Å². The van der Waals surface area contributed by atoms with E-state index >= 15 is 0 Å². The smallest absolute Gasteiger partial charge is 0.0568 e. The summed E-state index contributed by atoms with van der Waals surface area (Å²) < 4.78 is 1.85. The number of aryl methyl sites for hydroxylation is 1. The zero-order valence-corrected chi connectivity index (χ0v) is 11.2. The van der Waals surface area contributed by atoms with Gasteiger partial charge in [-0.15, -0.1) is 0 Å². The van der Waals surface area contributed by atoms with Crippen LogP contribution in [0.1, 0.15) is 24.8 Å². The van der Waals surface area contributed by atoms with Crippen molar-refractivity contribution >= 4 is 5.69 Å². The van der Waals surface area contributed by atoms with Crippen LogP contribution in [0, 0.1) is 0 Å². The molecule has 3 rings (SSSR count). The van der Waals surface area contributed by atoms with Crippen molar-refractivity contribution in [3.8, 4) is 11.1 Å². The molecule has 1 aromatic carbocycles. The second-order valence-corrected chi connectivity index (χ2v) is 5.16.